The van der Waals surface area contributed by atoms with Gasteiger partial charge in [0.15, 0.2) is 11.5 Å². The first-order valence-electron chi connectivity index (χ1n) is 10.1. The molecule has 0 radical (unpaired) electrons. The number of piperidine rings is 2. The van der Waals surface area contributed by atoms with Crippen molar-refractivity contribution < 1.29 is 9.21 Å². The summed E-state index contributed by atoms with van der Waals surface area (Å²) < 4.78 is 5.92. The molecule has 2 atom stereocenters. The molecule has 3 heterocycles. The third-order valence-electron chi connectivity index (χ3n) is 6.20. The molecule has 1 amide bonds. The molecule has 162 valence electrons. The third kappa shape index (κ3) is 5.78. The van der Waals surface area contributed by atoms with Gasteiger partial charge in [-0.15, -0.1) is 24.8 Å². The van der Waals surface area contributed by atoms with Gasteiger partial charge < -0.3 is 14.6 Å². The number of nitrogens with zero attached hydrogens (tertiary/aromatic N) is 2. The van der Waals surface area contributed by atoms with Crippen LogP contribution in [0.4, 0.5) is 0 Å². The van der Waals surface area contributed by atoms with Crippen LogP contribution < -0.4 is 5.32 Å². The summed E-state index contributed by atoms with van der Waals surface area (Å²) >= 11 is 6.04. The molecule has 0 aliphatic carbocycles. The highest BCUT2D eigenvalue weighted by Gasteiger charge is 2.29. The summed E-state index contributed by atoms with van der Waals surface area (Å²) in [5, 5.41) is 4.13. The van der Waals surface area contributed by atoms with Gasteiger partial charge in [0, 0.05) is 30.5 Å². The molecule has 1 aromatic heterocycles. The van der Waals surface area contributed by atoms with Crippen LogP contribution in [0, 0.1) is 11.8 Å². The molecule has 4 rings (SSSR count). The van der Waals surface area contributed by atoms with E-state index in [1.807, 2.05) is 23.1 Å². The van der Waals surface area contributed by atoms with Crippen LogP contribution in [-0.2, 0) is 4.79 Å². The lowest BCUT2D eigenvalue weighted by molar-refractivity contribution is -0.133. The average Bonchev–Trinajstić information content (AvgIpc) is 3.12. The van der Waals surface area contributed by atoms with E-state index >= 15 is 0 Å². The third-order valence-corrected chi connectivity index (χ3v) is 6.43. The molecule has 29 heavy (non-hydrogen) atoms. The molecule has 2 saturated heterocycles. The summed E-state index contributed by atoms with van der Waals surface area (Å²) in [5.74, 6) is 2.44. The number of benzene rings is 1. The van der Waals surface area contributed by atoms with Crippen molar-refractivity contribution in [2.24, 2.45) is 11.8 Å². The first kappa shape index (κ1) is 24.3. The number of nitrogens with one attached hydrogen (secondary N) is 1. The van der Waals surface area contributed by atoms with Crippen LogP contribution in [0.25, 0.3) is 11.1 Å². The predicted molar refractivity (Wildman–Crippen MR) is 121 cm³/mol. The minimum atomic E-state index is 0. The Balaban J connectivity index is 0.00000150. The maximum absolute atomic E-state index is 12.7. The predicted octanol–water partition coefficient (Wildman–Crippen LogP) is 5.06. The first-order chi connectivity index (χ1) is 13.1. The van der Waals surface area contributed by atoms with Gasteiger partial charge in [0.1, 0.15) is 5.52 Å². The van der Waals surface area contributed by atoms with E-state index in [1.165, 1.54) is 12.8 Å². The summed E-state index contributed by atoms with van der Waals surface area (Å²) in [5.41, 5.74) is 1.59. The number of carbonyl (C=O) groups excluding carboxylic acids is 1. The lowest BCUT2D eigenvalue weighted by Crippen LogP contribution is -2.40. The second kappa shape index (κ2) is 10.9. The summed E-state index contributed by atoms with van der Waals surface area (Å²) in [4.78, 5) is 19.4. The minimum Gasteiger partial charge on any atom is -0.440 e. The summed E-state index contributed by atoms with van der Waals surface area (Å²) in [6.45, 7) is 5.98. The van der Waals surface area contributed by atoms with E-state index in [2.05, 4.69) is 17.2 Å². The van der Waals surface area contributed by atoms with Gasteiger partial charge in [-0.05, 0) is 68.8 Å². The van der Waals surface area contributed by atoms with Crippen molar-refractivity contribution in [2.45, 2.75) is 44.9 Å². The van der Waals surface area contributed by atoms with E-state index in [0.717, 1.165) is 56.0 Å². The molecule has 1 aromatic carbocycles. The van der Waals surface area contributed by atoms with Gasteiger partial charge in [-0.25, -0.2) is 4.98 Å². The molecule has 1 N–H and O–H groups in total. The first-order valence-corrected chi connectivity index (χ1v) is 10.5. The van der Waals surface area contributed by atoms with Gasteiger partial charge in [-0.1, -0.05) is 18.5 Å². The SMILES string of the molecule is CC(CC(=O)N1CCC(c2nc3cc(Cl)ccc3o2)CC1)C1CCCNC1.Cl.Cl. The number of amides is 1. The van der Waals surface area contributed by atoms with Gasteiger partial charge in [0.2, 0.25) is 5.91 Å². The summed E-state index contributed by atoms with van der Waals surface area (Å²) in [6, 6.07) is 5.53. The number of carbonyl (C=O) groups is 1. The van der Waals surface area contributed by atoms with E-state index in [-0.39, 0.29) is 30.7 Å². The maximum atomic E-state index is 12.7. The average molecular weight is 463 g/mol. The van der Waals surface area contributed by atoms with E-state index < -0.39 is 0 Å². The van der Waals surface area contributed by atoms with Crippen molar-refractivity contribution in [3.63, 3.8) is 0 Å². The van der Waals surface area contributed by atoms with Crippen molar-refractivity contribution in [1.82, 2.24) is 15.2 Å². The molecule has 0 saturated carbocycles. The number of hydrogen-bond donors (Lipinski definition) is 1. The Morgan fingerprint density at radius 1 is 1.31 bits per heavy atom. The van der Waals surface area contributed by atoms with E-state index in [9.17, 15) is 4.79 Å². The molecular weight excluding hydrogens is 433 g/mol. The van der Waals surface area contributed by atoms with E-state index in [0.29, 0.717) is 29.2 Å². The van der Waals surface area contributed by atoms with Crippen molar-refractivity contribution in [3.8, 4) is 0 Å². The van der Waals surface area contributed by atoms with Crippen molar-refractivity contribution in [3.05, 3.63) is 29.1 Å². The summed E-state index contributed by atoms with van der Waals surface area (Å²) in [6.07, 6.45) is 4.95. The fraction of sp³-hybridized carbons (Fsp3) is 0.619. The molecule has 5 nitrogen and oxygen atoms in total. The van der Waals surface area contributed by atoms with Crippen LogP contribution in [0.3, 0.4) is 0 Å². The van der Waals surface area contributed by atoms with Gasteiger partial charge in [-0.2, -0.15) is 0 Å². The van der Waals surface area contributed by atoms with Crippen molar-refractivity contribution >= 4 is 53.4 Å². The zero-order valence-electron chi connectivity index (χ0n) is 16.7. The summed E-state index contributed by atoms with van der Waals surface area (Å²) in [7, 11) is 0. The molecule has 8 heteroatoms. The lowest BCUT2D eigenvalue weighted by Gasteiger charge is -2.33. The number of aromatic nitrogens is 1. The van der Waals surface area contributed by atoms with Crippen LogP contribution in [0.5, 0.6) is 0 Å². The van der Waals surface area contributed by atoms with Crippen LogP contribution in [0.2, 0.25) is 5.02 Å². The van der Waals surface area contributed by atoms with Gasteiger partial charge in [0.05, 0.1) is 0 Å². The number of fused-ring (bicyclic) bond motifs is 1. The van der Waals surface area contributed by atoms with Gasteiger partial charge >= 0.3 is 0 Å². The van der Waals surface area contributed by atoms with Crippen LogP contribution in [0.15, 0.2) is 22.6 Å². The maximum Gasteiger partial charge on any atom is 0.222 e. The normalized spacial score (nSPS) is 21.3. The lowest BCUT2D eigenvalue weighted by atomic mass is 9.85. The zero-order chi connectivity index (χ0) is 18.8. The molecule has 2 aliphatic rings. The van der Waals surface area contributed by atoms with Gasteiger partial charge in [0.25, 0.3) is 0 Å². The second-order valence-electron chi connectivity index (χ2n) is 8.11. The molecule has 2 fully saturated rings. The fourth-order valence-corrected chi connectivity index (χ4v) is 4.57. The Labute approximate surface area is 189 Å². The van der Waals surface area contributed by atoms with Gasteiger partial charge in [-0.3, -0.25) is 4.79 Å². The number of halogens is 3. The Hall–Kier alpha value is -1.01. The number of oxazole rings is 1. The number of likely N-dealkylation sites (tertiary alicyclic amines) is 1. The number of rotatable bonds is 4. The van der Waals surface area contributed by atoms with Crippen LogP contribution in [0.1, 0.15) is 50.8 Å². The molecule has 2 aromatic rings. The Morgan fingerprint density at radius 3 is 2.76 bits per heavy atom. The van der Waals surface area contributed by atoms with Crippen molar-refractivity contribution in [2.75, 3.05) is 26.2 Å². The topological polar surface area (TPSA) is 58.4 Å². The van der Waals surface area contributed by atoms with Crippen molar-refractivity contribution in [1.29, 1.82) is 0 Å². The molecular formula is C21H30Cl3N3O2. The monoisotopic (exact) mass is 461 g/mol. The Morgan fingerprint density at radius 2 is 2.07 bits per heavy atom. The second-order valence-corrected chi connectivity index (χ2v) is 8.54. The standard InChI is InChI=1S/C21H28ClN3O2.2ClH/c1-14(16-3-2-8-23-13-16)11-20(26)25-9-6-15(7-10-25)21-24-18-12-17(22)4-5-19(18)27-21;;/h4-5,12,14-16,23H,2-3,6-11,13H2,1H3;2*1H. The highest BCUT2D eigenvalue weighted by atomic mass is 35.5. The molecule has 0 bridgehead atoms. The fourth-order valence-electron chi connectivity index (χ4n) is 4.40. The highest BCUT2D eigenvalue weighted by molar-refractivity contribution is 6.31. The molecule has 0 spiro atoms. The largest absolute Gasteiger partial charge is 0.440 e. The number of hydrogen-bond acceptors (Lipinski definition) is 4. The van der Waals surface area contributed by atoms with E-state index in [1.54, 1.807) is 0 Å². The minimum absolute atomic E-state index is 0. The molecule has 2 unspecified atom stereocenters. The van der Waals surface area contributed by atoms with Crippen LogP contribution >= 0.6 is 36.4 Å². The zero-order valence-corrected chi connectivity index (χ0v) is 19.1. The Bertz CT molecular complexity index is 800. The van der Waals surface area contributed by atoms with Crippen LogP contribution in [-0.4, -0.2) is 42.0 Å². The smallest absolute Gasteiger partial charge is 0.222 e. The Kier molecular flexibility index (Phi) is 9.08. The van der Waals surface area contributed by atoms with E-state index in [4.69, 9.17) is 16.0 Å². The highest BCUT2D eigenvalue weighted by Crippen LogP contribution is 2.31. The quantitative estimate of drug-likeness (QED) is 0.690. The molecule has 2 aliphatic heterocycles.